The van der Waals surface area contributed by atoms with Gasteiger partial charge in [-0.2, -0.15) is 8.42 Å². The van der Waals surface area contributed by atoms with E-state index in [1.165, 1.54) is 6.07 Å². The summed E-state index contributed by atoms with van der Waals surface area (Å²) in [5.74, 6) is -0.478. The minimum Gasteiger partial charge on any atom is -0.433 e. The zero-order valence-corrected chi connectivity index (χ0v) is 22.8. The summed E-state index contributed by atoms with van der Waals surface area (Å²) in [6, 6.07) is 19.0. The highest BCUT2D eigenvalue weighted by Crippen LogP contribution is 2.44. The van der Waals surface area contributed by atoms with Gasteiger partial charge in [-0.25, -0.2) is 21.6 Å². The largest absolute Gasteiger partial charge is 0.513 e. The van der Waals surface area contributed by atoms with Crippen LogP contribution in [0.15, 0.2) is 76.5 Å². The minimum atomic E-state index is -4.16. The van der Waals surface area contributed by atoms with Crippen molar-refractivity contribution in [3.05, 3.63) is 77.9 Å². The van der Waals surface area contributed by atoms with Gasteiger partial charge >= 0.3 is 16.6 Å². The van der Waals surface area contributed by atoms with Crippen LogP contribution in [0.5, 0.6) is 5.75 Å². The van der Waals surface area contributed by atoms with Crippen LogP contribution in [0, 0.1) is 0 Å². The van der Waals surface area contributed by atoms with Crippen LogP contribution in [-0.4, -0.2) is 62.2 Å². The maximum absolute atomic E-state index is 12.4. The molecule has 11 nitrogen and oxygen atoms in total. The van der Waals surface area contributed by atoms with E-state index in [1.807, 2.05) is 48.5 Å². The predicted molar refractivity (Wildman–Crippen MR) is 137 cm³/mol. The van der Waals surface area contributed by atoms with Crippen LogP contribution in [0.25, 0.3) is 11.1 Å². The molecule has 14 heteroatoms. The van der Waals surface area contributed by atoms with Crippen LogP contribution in [0.2, 0.25) is 0 Å². The van der Waals surface area contributed by atoms with Crippen molar-refractivity contribution in [2.45, 2.75) is 15.7 Å². The van der Waals surface area contributed by atoms with E-state index >= 15 is 0 Å². The van der Waals surface area contributed by atoms with Gasteiger partial charge < -0.3 is 9.47 Å². The predicted octanol–water partition coefficient (Wildman–Crippen LogP) is 3.26. The first-order chi connectivity index (χ1) is 17.6. The number of benzene rings is 3. The number of hydrogen-bond acceptors (Lipinski definition) is 10. The molecule has 204 valence electrons. The standard InChI is InChI=1S/C23H20O7S2.CH4O4S/c1-31(25,26)15-11-12-21(22(13-15)32(2,27)28)30-23(24)29-14-20-18-9-5-3-7-16(18)17-8-4-6-10-19(17)20;1-5-6(2,3)4/h3-13,20H,14H2,1-2H3;1H3,(H,2,3,4). The second-order valence-electron chi connectivity index (χ2n) is 8.14. The minimum absolute atomic E-state index is 0.00247. The van der Waals surface area contributed by atoms with E-state index in [-0.39, 0.29) is 23.2 Å². The Hall–Kier alpha value is -3.30. The first kappa shape index (κ1) is 29.3. The Bertz CT molecular complexity index is 1630. The molecular formula is C24H24O11S3. The Labute approximate surface area is 220 Å². The first-order valence-electron chi connectivity index (χ1n) is 10.7. The van der Waals surface area contributed by atoms with Gasteiger partial charge in [0.2, 0.25) is 0 Å². The molecule has 1 N–H and O–H groups in total. The molecule has 0 radical (unpaired) electrons. The van der Waals surface area contributed by atoms with Gasteiger partial charge in [0.25, 0.3) is 0 Å². The Kier molecular flexibility index (Phi) is 8.63. The zero-order valence-electron chi connectivity index (χ0n) is 20.4. The lowest BCUT2D eigenvalue weighted by Crippen LogP contribution is -2.17. The third-order valence-corrected chi connectivity index (χ3v) is 8.13. The second-order valence-corrected chi connectivity index (χ2v) is 13.3. The van der Waals surface area contributed by atoms with Crippen LogP contribution in [0.3, 0.4) is 0 Å². The van der Waals surface area contributed by atoms with Crippen molar-refractivity contribution >= 4 is 36.2 Å². The molecule has 0 saturated carbocycles. The van der Waals surface area contributed by atoms with Gasteiger partial charge in [-0.15, -0.1) is 0 Å². The summed E-state index contributed by atoms with van der Waals surface area (Å²) < 4.78 is 88.0. The van der Waals surface area contributed by atoms with Gasteiger partial charge in [-0.1, -0.05) is 48.5 Å². The lowest BCUT2D eigenvalue weighted by Gasteiger charge is -2.15. The van der Waals surface area contributed by atoms with Crippen LogP contribution < -0.4 is 4.74 Å². The molecule has 0 spiro atoms. The Morgan fingerprint density at radius 1 is 0.816 bits per heavy atom. The monoisotopic (exact) mass is 584 g/mol. The molecule has 4 rings (SSSR count). The van der Waals surface area contributed by atoms with Crippen molar-refractivity contribution < 1.29 is 48.3 Å². The lowest BCUT2D eigenvalue weighted by molar-refractivity contribution is 0.0955. The van der Waals surface area contributed by atoms with Crippen molar-refractivity contribution in [2.24, 2.45) is 0 Å². The normalized spacial score (nSPS) is 13.1. The van der Waals surface area contributed by atoms with E-state index in [4.69, 9.17) is 14.0 Å². The summed E-state index contributed by atoms with van der Waals surface area (Å²) in [5.41, 5.74) is 4.19. The van der Waals surface area contributed by atoms with E-state index in [2.05, 4.69) is 4.18 Å². The van der Waals surface area contributed by atoms with Crippen LogP contribution in [-0.2, 0) is 39.0 Å². The average molecular weight is 585 g/mol. The molecule has 1 aliphatic carbocycles. The van der Waals surface area contributed by atoms with Crippen LogP contribution in [0.4, 0.5) is 4.79 Å². The van der Waals surface area contributed by atoms with Gasteiger partial charge in [0, 0.05) is 18.4 Å². The topological polar surface area (TPSA) is 167 Å². The third-order valence-electron chi connectivity index (χ3n) is 5.48. The fourth-order valence-corrected chi connectivity index (χ4v) is 5.34. The van der Waals surface area contributed by atoms with Gasteiger partial charge in [-0.05, 0) is 40.5 Å². The molecule has 0 unspecified atom stereocenters. The number of fused-ring (bicyclic) bond motifs is 3. The molecule has 0 saturated heterocycles. The summed E-state index contributed by atoms with van der Waals surface area (Å²) in [5, 5.41) is 0. The molecule has 0 heterocycles. The van der Waals surface area contributed by atoms with Crippen molar-refractivity contribution in [1.82, 2.24) is 0 Å². The molecule has 3 aromatic carbocycles. The number of rotatable bonds is 6. The average Bonchev–Trinajstić information content (AvgIpc) is 3.15. The van der Waals surface area contributed by atoms with Gasteiger partial charge in [-0.3, -0.25) is 8.74 Å². The summed E-state index contributed by atoms with van der Waals surface area (Å²) in [6.07, 6.45) is 0.781. The molecule has 0 amide bonds. The van der Waals surface area contributed by atoms with Crippen LogP contribution in [0.1, 0.15) is 17.0 Å². The molecule has 38 heavy (non-hydrogen) atoms. The number of carbonyl (C=O) groups excluding carboxylic acids is 1. The summed E-state index contributed by atoms with van der Waals surface area (Å²) >= 11 is 0. The highest BCUT2D eigenvalue weighted by atomic mass is 32.3. The fraction of sp³-hybridized carbons (Fsp3) is 0.208. The fourth-order valence-electron chi connectivity index (χ4n) is 3.80. The van der Waals surface area contributed by atoms with Gasteiger partial charge in [0.15, 0.2) is 25.4 Å². The van der Waals surface area contributed by atoms with E-state index in [0.717, 1.165) is 54.0 Å². The van der Waals surface area contributed by atoms with Crippen molar-refractivity contribution in [2.75, 3.05) is 26.2 Å². The van der Waals surface area contributed by atoms with Gasteiger partial charge in [0.1, 0.15) is 11.5 Å². The Morgan fingerprint density at radius 2 is 1.32 bits per heavy atom. The molecule has 0 bridgehead atoms. The highest BCUT2D eigenvalue weighted by Gasteiger charge is 2.29. The quantitative estimate of drug-likeness (QED) is 0.256. The van der Waals surface area contributed by atoms with Crippen molar-refractivity contribution in [1.29, 1.82) is 0 Å². The third kappa shape index (κ3) is 7.17. The molecule has 0 atom stereocenters. The highest BCUT2D eigenvalue weighted by molar-refractivity contribution is 7.91. The molecule has 3 aromatic rings. The van der Waals surface area contributed by atoms with E-state index < -0.39 is 41.1 Å². The number of ether oxygens (including phenoxy) is 2. The molecule has 1 aliphatic rings. The maximum atomic E-state index is 12.4. The SMILES string of the molecule is COS(=O)(=O)O.CS(=O)(=O)c1ccc(OC(=O)OCC2c3ccccc3-c3ccccc32)c(S(C)(=O)=O)c1. The molecule has 0 aliphatic heterocycles. The first-order valence-corrected chi connectivity index (χ1v) is 15.9. The molecule has 0 fully saturated rings. The van der Waals surface area contributed by atoms with Crippen LogP contribution >= 0.6 is 0 Å². The smallest absolute Gasteiger partial charge is 0.433 e. The Morgan fingerprint density at radius 3 is 1.76 bits per heavy atom. The van der Waals surface area contributed by atoms with Crippen molar-refractivity contribution in [3.63, 3.8) is 0 Å². The van der Waals surface area contributed by atoms with Gasteiger partial charge in [0.05, 0.1) is 12.0 Å². The number of carbonyl (C=O) groups is 1. The van der Waals surface area contributed by atoms with E-state index in [0.29, 0.717) is 0 Å². The van der Waals surface area contributed by atoms with Crippen molar-refractivity contribution in [3.8, 4) is 16.9 Å². The second kappa shape index (κ2) is 11.2. The van der Waals surface area contributed by atoms with E-state index in [9.17, 15) is 30.0 Å². The number of sulfone groups is 2. The number of hydrogen-bond donors (Lipinski definition) is 1. The molecule has 0 aromatic heterocycles. The Balaban J connectivity index is 0.000000599. The molecular weight excluding hydrogens is 560 g/mol. The van der Waals surface area contributed by atoms with E-state index in [1.54, 1.807) is 0 Å². The lowest BCUT2D eigenvalue weighted by atomic mass is 9.98. The summed E-state index contributed by atoms with van der Waals surface area (Å²) in [4.78, 5) is 11.8. The summed E-state index contributed by atoms with van der Waals surface area (Å²) in [7, 11) is -10.8. The summed E-state index contributed by atoms with van der Waals surface area (Å²) in [6.45, 7) is 0.00247. The zero-order chi connectivity index (χ0) is 28.3. The maximum Gasteiger partial charge on any atom is 0.513 e.